The Labute approximate surface area is 82.6 Å². The highest BCUT2D eigenvalue weighted by Crippen LogP contribution is 2.37. The Morgan fingerprint density at radius 1 is 1.71 bits per heavy atom. The first-order valence-electron chi connectivity index (χ1n) is 4.87. The van der Waals surface area contributed by atoms with E-state index in [1.54, 1.807) is 6.92 Å². The van der Waals surface area contributed by atoms with Crippen molar-refractivity contribution in [2.45, 2.75) is 38.6 Å². The number of imidazole rings is 1. The molecule has 76 valence electrons. The molecular formula is C10H14N2O2. The summed E-state index contributed by atoms with van der Waals surface area (Å²) in [5.41, 5.74) is 0.903. The van der Waals surface area contributed by atoms with Crippen LogP contribution in [0.25, 0.3) is 0 Å². The number of carbonyl (C=O) groups is 1. The van der Waals surface area contributed by atoms with Crippen LogP contribution in [0.2, 0.25) is 0 Å². The van der Waals surface area contributed by atoms with Gasteiger partial charge in [0.05, 0.1) is 5.69 Å². The van der Waals surface area contributed by atoms with Gasteiger partial charge in [-0.3, -0.25) is 4.79 Å². The molecular weight excluding hydrogens is 180 g/mol. The number of nitrogens with zero attached hydrogens (tertiary/aromatic N) is 2. The molecule has 0 bridgehead atoms. The summed E-state index contributed by atoms with van der Waals surface area (Å²) < 4.78 is 2.02. The van der Waals surface area contributed by atoms with E-state index < -0.39 is 11.9 Å². The van der Waals surface area contributed by atoms with Gasteiger partial charge in [0.1, 0.15) is 11.7 Å². The van der Waals surface area contributed by atoms with Gasteiger partial charge in [-0.15, -0.1) is 0 Å². The van der Waals surface area contributed by atoms with E-state index in [0.717, 1.165) is 18.5 Å². The quantitative estimate of drug-likeness (QED) is 0.797. The largest absolute Gasteiger partial charge is 0.481 e. The molecule has 0 amide bonds. The van der Waals surface area contributed by atoms with E-state index in [2.05, 4.69) is 4.98 Å². The van der Waals surface area contributed by atoms with E-state index >= 15 is 0 Å². The summed E-state index contributed by atoms with van der Waals surface area (Å²) in [6, 6.07) is 0.494. The second-order valence-corrected chi connectivity index (χ2v) is 3.94. The van der Waals surface area contributed by atoms with Crippen molar-refractivity contribution in [2.24, 2.45) is 0 Å². The molecule has 1 aromatic rings. The van der Waals surface area contributed by atoms with Crippen LogP contribution in [0, 0.1) is 6.92 Å². The zero-order chi connectivity index (χ0) is 10.3. The Hall–Kier alpha value is -1.32. The smallest absolute Gasteiger partial charge is 0.313 e. The van der Waals surface area contributed by atoms with E-state index in [-0.39, 0.29) is 0 Å². The molecule has 0 saturated heterocycles. The van der Waals surface area contributed by atoms with Crippen LogP contribution < -0.4 is 0 Å². The minimum Gasteiger partial charge on any atom is -0.481 e. The molecule has 2 rings (SSSR count). The van der Waals surface area contributed by atoms with Crippen LogP contribution in [0.15, 0.2) is 6.20 Å². The molecule has 14 heavy (non-hydrogen) atoms. The summed E-state index contributed by atoms with van der Waals surface area (Å²) in [6.45, 7) is 3.58. The predicted octanol–water partition coefficient (Wildman–Crippen LogP) is 1.71. The molecule has 0 radical (unpaired) electrons. The van der Waals surface area contributed by atoms with Crippen LogP contribution in [-0.2, 0) is 4.79 Å². The van der Waals surface area contributed by atoms with Gasteiger partial charge in [-0.2, -0.15) is 0 Å². The fourth-order valence-electron chi connectivity index (χ4n) is 1.61. The molecule has 1 unspecified atom stereocenters. The fourth-order valence-corrected chi connectivity index (χ4v) is 1.61. The van der Waals surface area contributed by atoms with Gasteiger partial charge in [-0.05, 0) is 26.7 Å². The highest BCUT2D eigenvalue weighted by molar-refractivity contribution is 5.74. The third-order valence-corrected chi connectivity index (χ3v) is 2.58. The maximum Gasteiger partial charge on any atom is 0.313 e. The lowest BCUT2D eigenvalue weighted by Gasteiger charge is -2.08. The number of hydrogen-bond donors (Lipinski definition) is 1. The molecule has 4 heteroatoms. The van der Waals surface area contributed by atoms with Crippen molar-refractivity contribution in [2.75, 3.05) is 0 Å². The van der Waals surface area contributed by atoms with Crippen molar-refractivity contribution in [3.05, 3.63) is 17.7 Å². The topological polar surface area (TPSA) is 55.1 Å². The third-order valence-electron chi connectivity index (χ3n) is 2.58. The minimum absolute atomic E-state index is 0.494. The normalized spacial score (nSPS) is 18.1. The first kappa shape index (κ1) is 9.24. The van der Waals surface area contributed by atoms with Crippen molar-refractivity contribution in [3.8, 4) is 0 Å². The van der Waals surface area contributed by atoms with Crippen molar-refractivity contribution < 1.29 is 9.90 Å². The van der Waals surface area contributed by atoms with E-state index in [1.165, 1.54) is 0 Å². The highest BCUT2D eigenvalue weighted by atomic mass is 16.4. The van der Waals surface area contributed by atoms with Gasteiger partial charge in [-0.25, -0.2) is 4.98 Å². The number of carboxylic acids is 1. The van der Waals surface area contributed by atoms with Gasteiger partial charge in [-0.1, -0.05) is 0 Å². The van der Waals surface area contributed by atoms with E-state index in [9.17, 15) is 4.79 Å². The Morgan fingerprint density at radius 2 is 2.36 bits per heavy atom. The SMILES string of the molecule is Cc1cn(C2CC2)c(C(C)C(=O)O)n1. The lowest BCUT2D eigenvalue weighted by Crippen LogP contribution is -2.13. The van der Waals surface area contributed by atoms with Crippen LogP contribution in [0.1, 0.15) is 43.2 Å². The summed E-state index contributed by atoms with van der Waals surface area (Å²) in [6.07, 6.45) is 4.25. The molecule has 1 aliphatic carbocycles. The Bertz CT molecular complexity index is 366. The first-order chi connectivity index (χ1) is 6.59. The lowest BCUT2D eigenvalue weighted by molar-refractivity contribution is -0.138. The maximum atomic E-state index is 10.9. The van der Waals surface area contributed by atoms with E-state index in [4.69, 9.17) is 5.11 Å². The van der Waals surface area contributed by atoms with Gasteiger partial charge in [0, 0.05) is 12.2 Å². The van der Waals surface area contributed by atoms with E-state index in [0.29, 0.717) is 11.9 Å². The molecule has 1 aliphatic rings. The van der Waals surface area contributed by atoms with Gasteiger partial charge in [0.2, 0.25) is 0 Å². The van der Waals surface area contributed by atoms with Crippen molar-refractivity contribution >= 4 is 5.97 Å². The highest BCUT2D eigenvalue weighted by Gasteiger charge is 2.29. The average Bonchev–Trinajstić information content (AvgIpc) is 2.88. The zero-order valence-electron chi connectivity index (χ0n) is 8.40. The van der Waals surface area contributed by atoms with Crippen LogP contribution in [0.5, 0.6) is 0 Å². The summed E-state index contributed by atoms with van der Waals surface area (Å²) in [5.74, 6) is -0.626. The Morgan fingerprint density at radius 3 is 2.86 bits per heavy atom. The molecule has 1 N–H and O–H groups in total. The number of aliphatic carboxylic acids is 1. The standard InChI is InChI=1S/C10H14N2O2/c1-6-5-12(8-3-4-8)9(11-6)7(2)10(13)14/h5,7-8H,3-4H2,1-2H3,(H,13,14). The molecule has 4 nitrogen and oxygen atoms in total. The number of rotatable bonds is 3. The molecule has 1 aromatic heterocycles. The summed E-state index contributed by atoms with van der Waals surface area (Å²) in [4.78, 5) is 15.1. The van der Waals surface area contributed by atoms with Gasteiger partial charge >= 0.3 is 5.97 Å². The van der Waals surface area contributed by atoms with Crippen LogP contribution in [-0.4, -0.2) is 20.6 Å². The summed E-state index contributed by atoms with van der Waals surface area (Å²) >= 11 is 0. The maximum absolute atomic E-state index is 10.9. The Balaban J connectivity index is 2.35. The molecule has 1 saturated carbocycles. The second-order valence-electron chi connectivity index (χ2n) is 3.94. The number of carboxylic acid groups (broad SMARTS) is 1. The van der Waals surface area contributed by atoms with Gasteiger partial charge in [0.15, 0.2) is 0 Å². The number of hydrogen-bond acceptors (Lipinski definition) is 2. The van der Waals surface area contributed by atoms with Crippen molar-refractivity contribution in [1.82, 2.24) is 9.55 Å². The van der Waals surface area contributed by atoms with Gasteiger partial charge < -0.3 is 9.67 Å². The first-order valence-corrected chi connectivity index (χ1v) is 4.87. The monoisotopic (exact) mass is 194 g/mol. The molecule has 0 spiro atoms. The molecule has 1 fully saturated rings. The minimum atomic E-state index is -0.808. The second kappa shape index (κ2) is 3.12. The number of aryl methyl sites for hydroxylation is 1. The summed E-state index contributed by atoms with van der Waals surface area (Å²) in [5, 5.41) is 8.92. The van der Waals surface area contributed by atoms with Crippen LogP contribution in [0.3, 0.4) is 0 Å². The molecule has 0 aliphatic heterocycles. The van der Waals surface area contributed by atoms with Crippen LogP contribution >= 0.6 is 0 Å². The molecule has 1 atom stereocenters. The number of aromatic nitrogens is 2. The molecule has 0 aromatic carbocycles. The third kappa shape index (κ3) is 1.52. The predicted molar refractivity (Wildman–Crippen MR) is 51.3 cm³/mol. The van der Waals surface area contributed by atoms with E-state index in [1.807, 2.05) is 17.7 Å². The molecule has 1 heterocycles. The van der Waals surface area contributed by atoms with Gasteiger partial charge in [0.25, 0.3) is 0 Å². The summed E-state index contributed by atoms with van der Waals surface area (Å²) in [7, 11) is 0. The lowest BCUT2D eigenvalue weighted by atomic mass is 10.2. The van der Waals surface area contributed by atoms with Crippen molar-refractivity contribution in [3.63, 3.8) is 0 Å². The zero-order valence-corrected chi connectivity index (χ0v) is 8.40. The Kier molecular flexibility index (Phi) is 2.06. The average molecular weight is 194 g/mol. The van der Waals surface area contributed by atoms with Crippen LogP contribution in [0.4, 0.5) is 0 Å². The fraction of sp³-hybridized carbons (Fsp3) is 0.600. The van der Waals surface area contributed by atoms with Crippen molar-refractivity contribution in [1.29, 1.82) is 0 Å².